The van der Waals surface area contributed by atoms with E-state index in [1.807, 2.05) is 23.6 Å². The van der Waals surface area contributed by atoms with E-state index in [4.69, 9.17) is 16.6 Å². The van der Waals surface area contributed by atoms with Crippen LogP contribution in [-0.2, 0) is 0 Å². The van der Waals surface area contributed by atoms with E-state index in [0.29, 0.717) is 23.1 Å². The molecule has 0 radical (unpaired) electrons. The minimum Gasteiger partial charge on any atom is -0.339 e. The van der Waals surface area contributed by atoms with Gasteiger partial charge in [0.15, 0.2) is 0 Å². The van der Waals surface area contributed by atoms with Gasteiger partial charge >= 0.3 is 0 Å². The number of nitrogens with zero attached hydrogens (tertiary/aromatic N) is 4. The summed E-state index contributed by atoms with van der Waals surface area (Å²) in [4.78, 5) is 4.78. The van der Waals surface area contributed by atoms with Gasteiger partial charge in [-0.05, 0) is 40.9 Å². The lowest BCUT2D eigenvalue weighted by Crippen LogP contribution is -2.02. The summed E-state index contributed by atoms with van der Waals surface area (Å²) in [5.74, 6) is 0.260. The number of pyridine rings is 1. The molecule has 132 valence electrons. The molecule has 8 heteroatoms. The molecule has 0 spiro atoms. The lowest BCUT2D eigenvalue weighted by Gasteiger charge is -2.10. The zero-order valence-corrected chi connectivity index (χ0v) is 15.4. The number of anilines is 2. The highest BCUT2D eigenvalue weighted by Crippen LogP contribution is 2.35. The lowest BCUT2D eigenvalue weighted by atomic mass is 10.1. The van der Waals surface area contributed by atoms with Crippen molar-refractivity contribution in [2.24, 2.45) is 15.4 Å². The van der Waals surface area contributed by atoms with Crippen LogP contribution in [0.3, 0.4) is 0 Å². The molecule has 2 aromatic heterocycles. The zero-order chi connectivity index (χ0) is 18.4. The van der Waals surface area contributed by atoms with Crippen molar-refractivity contribution in [1.82, 2.24) is 4.98 Å². The summed E-state index contributed by atoms with van der Waals surface area (Å²) >= 11 is 7.55. The van der Waals surface area contributed by atoms with Crippen molar-refractivity contribution in [3.63, 3.8) is 0 Å². The van der Waals surface area contributed by atoms with Gasteiger partial charge in [-0.2, -0.15) is 5.11 Å². The maximum atomic E-state index is 13.7. The predicted octanol–water partition coefficient (Wildman–Crippen LogP) is 6.16. The quantitative estimate of drug-likeness (QED) is 0.451. The summed E-state index contributed by atoms with van der Waals surface area (Å²) < 4.78 is 14.7. The van der Waals surface area contributed by atoms with Gasteiger partial charge in [0.25, 0.3) is 0 Å². The van der Waals surface area contributed by atoms with Crippen LogP contribution in [0.2, 0.25) is 5.02 Å². The average molecular weight is 396 g/mol. The van der Waals surface area contributed by atoms with Crippen LogP contribution in [0.4, 0.5) is 15.9 Å². The number of aromatic nitrogens is 1. The number of hydrogen-bond donors (Lipinski definition) is 1. The third-order valence-electron chi connectivity index (χ3n) is 4.31. The maximum absolute atomic E-state index is 13.7. The zero-order valence-electron chi connectivity index (χ0n) is 13.8. The van der Waals surface area contributed by atoms with Crippen LogP contribution < -0.4 is 5.32 Å². The van der Waals surface area contributed by atoms with Gasteiger partial charge in [-0.1, -0.05) is 23.7 Å². The smallest absolute Gasteiger partial charge is 0.149 e. The minimum absolute atomic E-state index is 0.328. The molecule has 0 fully saturated rings. The molecular weight excluding hydrogens is 385 g/mol. The van der Waals surface area contributed by atoms with Crippen molar-refractivity contribution in [2.45, 2.75) is 0 Å². The fourth-order valence-corrected chi connectivity index (χ4v) is 4.19. The number of hydrogen-bond acceptors (Lipinski definition) is 6. The van der Waals surface area contributed by atoms with E-state index >= 15 is 0 Å². The molecule has 1 aliphatic heterocycles. The second-order valence-electron chi connectivity index (χ2n) is 6.07. The van der Waals surface area contributed by atoms with Crippen molar-refractivity contribution >= 4 is 61.1 Å². The van der Waals surface area contributed by atoms with Crippen LogP contribution in [-0.4, -0.2) is 17.2 Å². The summed E-state index contributed by atoms with van der Waals surface area (Å²) in [6.45, 7) is 0.471. The van der Waals surface area contributed by atoms with Gasteiger partial charge in [-0.15, -0.1) is 16.4 Å². The Morgan fingerprint density at radius 2 is 2.00 bits per heavy atom. The summed E-state index contributed by atoms with van der Waals surface area (Å²) in [6.07, 6.45) is 0. The molecule has 0 unspecified atom stereocenters. The standard InChI is InChI=1S/C19H11ClFN5S/c20-11-6-12(21)8-13(7-11)23-19-18-15(3-4-27-18)14-2-1-10(5-16(14)24-19)17-9-22-26-25-17/h1-8H,9H2,(H,23,24). The van der Waals surface area contributed by atoms with E-state index in [1.165, 1.54) is 12.1 Å². The fourth-order valence-electron chi connectivity index (χ4n) is 3.12. The second-order valence-corrected chi connectivity index (χ2v) is 7.43. The Morgan fingerprint density at radius 3 is 2.81 bits per heavy atom. The van der Waals surface area contributed by atoms with E-state index in [0.717, 1.165) is 32.3 Å². The first kappa shape index (κ1) is 16.3. The Balaban J connectivity index is 1.66. The summed E-state index contributed by atoms with van der Waals surface area (Å²) in [6, 6.07) is 12.4. The molecule has 3 heterocycles. The molecule has 1 N–H and O–H groups in total. The van der Waals surface area contributed by atoms with Crippen LogP contribution in [0.15, 0.2) is 63.3 Å². The molecule has 4 aromatic rings. The lowest BCUT2D eigenvalue weighted by molar-refractivity contribution is 0.628. The first-order valence-corrected chi connectivity index (χ1v) is 9.41. The average Bonchev–Trinajstić information content (AvgIpc) is 3.33. The largest absolute Gasteiger partial charge is 0.339 e. The van der Waals surface area contributed by atoms with Crippen molar-refractivity contribution in [1.29, 1.82) is 0 Å². The second kappa shape index (κ2) is 6.37. The Bertz CT molecular complexity index is 1240. The van der Waals surface area contributed by atoms with E-state index in [1.54, 1.807) is 17.4 Å². The molecule has 1 aliphatic rings. The fraction of sp³-hybridized carbons (Fsp3) is 0.0526. The summed E-state index contributed by atoms with van der Waals surface area (Å²) in [5, 5.41) is 19.3. The van der Waals surface area contributed by atoms with E-state index in [-0.39, 0.29) is 0 Å². The highest BCUT2D eigenvalue weighted by atomic mass is 35.5. The molecule has 2 aromatic carbocycles. The molecule has 0 amide bonds. The van der Waals surface area contributed by atoms with E-state index in [9.17, 15) is 4.39 Å². The molecule has 5 rings (SSSR count). The van der Waals surface area contributed by atoms with Crippen LogP contribution in [0.25, 0.3) is 21.0 Å². The van der Waals surface area contributed by atoms with Crippen molar-refractivity contribution in [3.05, 3.63) is 64.2 Å². The molecule has 0 atom stereocenters. The van der Waals surface area contributed by atoms with Gasteiger partial charge in [0.05, 0.1) is 15.9 Å². The van der Waals surface area contributed by atoms with Crippen molar-refractivity contribution in [3.8, 4) is 0 Å². The van der Waals surface area contributed by atoms with Crippen LogP contribution in [0.1, 0.15) is 5.56 Å². The Kier molecular flexibility index (Phi) is 3.84. The summed E-state index contributed by atoms with van der Waals surface area (Å²) in [5.41, 5.74) is 3.12. The van der Waals surface area contributed by atoms with Gasteiger partial charge in [0, 0.05) is 27.0 Å². The normalized spacial score (nSPS) is 13.5. The van der Waals surface area contributed by atoms with E-state index < -0.39 is 5.82 Å². The van der Waals surface area contributed by atoms with Crippen LogP contribution >= 0.6 is 22.9 Å². The third-order valence-corrected chi connectivity index (χ3v) is 5.45. The first-order valence-electron chi connectivity index (χ1n) is 8.15. The Morgan fingerprint density at radius 1 is 1.07 bits per heavy atom. The van der Waals surface area contributed by atoms with Gasteiger partial charge in [0.2, 0.25) is 0 Å². The molecular formula is C19H11ClFN5S. The first-order chi connectivity index (χ1) is 13.2. The number of rotatable bonds is 3. The maximum Gasteiger partial charge on any atom is 0.149 e. The van der Waals surface area contributed by atoms with E-state index in [2.05, 4.69) is 26.8 Å². The summed E-state index contributed by atoms with van der Waals surface area (Å²) in [7, 11) is 0. The number of fused-ring (bicyclic) bond motifs is 3. The molecule has 0 aliphatic carbocycles. The third kappa shape index (κ3) is 2.94. The molecule has 0 saturated carbocycles. The number of benzene rings is 2. The predicted molar refractivity (Wildman–Crippen MR) is 108 cm³/mol. The van der Waals surface area contributed by atoms with Crippen molar-refractivity contribution in [2.75, 3.05) is 11.9 Å². The number of thiophene rings is 1. The highest BCUT2D eigenvalue weighted by molar-refractivity contribution is 7.18. The Labute approximate surface area is 162 Å². The molecule has 5 nitrogen and oxygen atoms in total. The van der Waals surface area contributed by atoms with Crippen LogP contribution in [0.5, 0.6) is 0 Å². The monoisotopic (exact) mass is 395 g/mol. The minimum atomic E-state index is -0.401. The Hall–Kier alpha value is -2.90. The SMILES string of the molecule is Fc1cc(Cl)cc(Nc2nc3cc(C4=NN=NC4)ccc3c3ccsc23)c1. The highest BCUT2D eigenvalue weighted by Gasteiger charge is 2.14. The molecule has 0 saturated heterocycles. The van der Waals surface area contributed by atoms with Crippen LogP contribution in [0, 0.1) is 5.82 Å². The molecule has 0 bridgehead atoms. The number of nitrogens with one attached hydrogen (secondary N) is 1. The van der Waals surface area contributed by atoms with Gasteiger partial charge in [-0.25, -0.2) is 9.37 Å². The number of halogens is 2. The topological polar surface area (TPSA) is 62.0 Å². The van der Waals surface area contributed by atoms with Gasteiger partial charge < -0.3 is 5.32 Å². The van der Waals surface area contributed by atoms with Crippen molar-refractivity contribution < 1.29 is 4.39 Å². The van der Waals surface area contributed by atoms with Gasteiger partial charge in [0.1, 0.15) is 18.2 Å². The van der Waals surface area contributed by atoms with Gasteiger partial charge in [-0.3, -0.25) is 0 Å². The molecule has 27 heavy (non-hydrogen) atoms.